The van der Waals surface area contributed by atoms with E-state index < -0.39 is 0 Å². The molecule has 0 bridgehead atoms. The Labute approximate surface area is 180 Å². The third-order valence-electron chi connectivity index (χ3n) is 4.49. The van der Waals surface area contributed by atoms with E-state index in [1.165, 1.54) is 28.0 Å². The molecule has 1 aliphatic rings. The summed E-state index contributed by atoms with van der Waals surface area (Å²) in [7, 11) is 0. The normalized spacial score (nSPS) is 12.9. The molecule has 1 aliphatic carbocycles. The van der Waals surface area contributed by atoms with Crippen LogP contribution in [0, 0.1) is 0 Å². The van der Waals surface area contributed by atoms with E-state index in [-0.39, 0.29) is 17.6 Å². The van der Waals surface area contributed by atoms with Crippen LogP contribution in [-0.2, 0) is 22.4 Å². The van der Waals surface area contributed by atoms with Crippen molar-refractivity contribution in [2.75, 3.05) is 17.7 Å². The highest BCUT2D eigenvalue weighted by Gasteiger charge is 2.28. The van der Waals surface area contributed by atoms with Crippen LogP contribution in [-0.4, -0.2) is 24.2 Å². The van der Waals surface area contributed by atoms with Crippen molar-refractivity contribution < 1.29 is 14.3 Å². The topological polar surface area (TPSA) is 55.4 Å². The van der Waals surface area contributed by atoms with Gasteiger partial charge in [-0.25, -0.2) is 4.79 Å². The summed E-state index contributed by atoms with van der Waals surface area (Å²) in [5, 5.41) is 5.24. The Bertz CT molecular complexity index is 1060. The summed E-state index contributed by atoms with van der Waals surface area (Å²) in [5.74, 6) is -0.265. The molecule has 1 amide bonds. The lowest BCUT2D eigenvalue weighted by Crippen LogP contribution is -2.16. The predicted molar refractivity (Wildman–Crippen MR) is 118 cm³/mol. The van der Waals surface area contributed by atoms with Gasteiger partial charge in [0.15, 0.2) is 0 Å². The number of amides is 1. The monoisotopic (exact) mass is 451 g/mol. The third-order valence-corrected chi connectivity index (χ3v) is 8.76. The first-order valence-corrected chi connectivity index (χ1v) is 12.0. The molecule has 0 saturated carbocycles. The number of ether oxygens (including phenoxy) is 1. The van der Waals surface area contributed by atoms with E-state index >= 15 is 0 Å². The van der Waals surface area contributed by atoms with Crippen molar-refractivity contribution >= 4 is 73.0 Å². The minimum atomic E-state index is -0.350. The van der Waals surface area contributed by atoms with Crippen LogP contribution in [0.5, 0.6) is 0 Å². The van der Waals surface area contributed by atoms with E-state index in [9.17, 15) is 9.59 Å². The highest BCUT2D eigenvalue weighted by Crippen LogP contribution is 2.42. The van der Waals surface area contributed by atoms with E-state index in [1.54, 1.807) is 18.3 Å². The zero-order valence-corrected chi connectivity index (χ0v) is 18.4. The molecular weight excluding hydrogens is 434 g/mol. The predicted octanol–water partition coefficient (Wildman–Crippen LogP) is 6.01. The van der Waals surface area contributed by atoms with Gasteiger partial charge in [0.1, 0.15) is 5.00 Å². The molecule has 0 atom stereocenters. The van der Waals surface area contributed by atoms with Gasteiger partial charge in [-0.1, -0.05) is 29.8 Å². The fourth-order valence-electron chi connectivity index (χ4n) is 3.29. The number of nitrogens with one attached hydrogen (secondary N) is 1. The maximum atomic E-state index is 12.6. The number of halogens is 1. The maximum absolute atomic E-state index is 12.6. The number of aryl methyl sites for hydroxylation is 1. The minimum Gasteiger partial charge on any atom is -0.462 e. The third kappa shape index (κ3) is 3.81. The molecule has 0 spiro atoms. The van der Waals surface area contributed by atoms with E-state index in [4.69, 9.17) is 16.3 Å². The van der Waals surface area contributed by atoms with Crippen LogP contribution in [0.15, 0.2) is 28.5 Å². The van der Waals surface area contributed by atoms with Crippen molar-refractivity contribution in [3.63, 3.8) is 0 Å². The van der Waals surface area contributed by atoms with Crippen LogP contribution in [0.25, 0.3) is 10.1 Å². The van der Waals surface area contributed by atoms with Crippen LogP contribution >= 0.6 is 46.0 Å². The number of carbonyl (C=O) groups excluding carboxylic acids is 2. The van der Waals surface area contributed by atoms with Crippen molar-refractivity contribution in [3.05, 3.63) is 45.3 Å². The molecule has 0 radical (unpaired) electrons. The summed E-state index contributed by atoms with van der Waals surface area (Å²) in [4.78, 5) is 26.1. The van der Waals surface area contributed by atoms with Gasteiger partial charge >= 0.3 is 5.97 Å². The second-order valence-corrected chi connectivity index (χ2v) is 10.1. The Kier molecular flexibility index (Phi) is 5.96. The van der Waals surface area contributed by atoms with E-state index in [0.717, 1.165) is 39.1 Å². The minimum absolute atomic E-state index is 0.149. The quantitative estimate of drug-likeness (QED) is 0.368. The first-order valence-electron chi connectivity index (χ1n) is 8.99. The number of carbonyl (C=O) groups is 2. The molecule has 0 saturated heterocycles. The molecule has 28 heavy (non-hydrogen) atoms. The van der Waals surface area contributed by atoms with Crippen molar-refractivity contribution in [2.24, 2.45) is 0 Å². The Balaban J connectivity index is 1.48. The smallest absolute Gasteiger partial charge is 0.341 e. The molecule has 2 heterocycles. The molecule has 4 nitrogen and oxygen atoms in total. The summed E-state index contributed by atoms with van der Waals surface area (Å²) in [6, 6.07) is 7.93. The number of esters is 1. The fraction of sp³-hybridized carbons (Fsp3) is 0.300. The Morgan fingerprint density at radius 3 is 2.86 bits per heavy atom. The molecular formula is C20H18ClNO3S3. The molecule has 0 unspecified atom stereocenters. The average Bonchev–Trinajstić information content (AvgIpc) is 3.34. The molecule has 2 aromatic heterocycles. The van der Waals surface area contributed by atoms with Gasteiger partial charge in [0.05, 0.1) is 27.2 Å². The standard InChI is InChI=1S/C20H18ClNO3S3/c1-2-25-19(24)16-11-7-5-9-13(11)27-18(16)22-15(23)10-26-20-17(21)12-6-3-4-8-14(12)28-20/h3-4,6,8H,2,5,7,9-10H2,1H3,(H,22,23). The Hall–Kier alpha value is -1.54. The second kappa shape index (κ2) is 8.45. The average molecular weight is 452 g/mol. The van der Waals surface area contributed by atoms with Crippen molar-refractivity contribution in [1.29, 1.82) is 0 Å². The number of fused-ring (bicyclic) bond motifs is 2. The van der Waals surface area contributed by atoms with Crippen LogP contribution in [0.3, 0.4) is 0 Å². The maximum Gasteiger partial charge on any atom is 0.341 e. The zero-order chi connectivity index (χ0) is 19.7. The van der Waals surface area contributed by atoms with E-state index in [0.29, 0.717) is 22.2 Å². The van der Waals surface area contributed by atoms with Crippen molar-refractivity contribution in [2.45, 2.75) is 30.4 Å². The number of rotatable bonds is 6. The van der Waals surface area contributed by atoms with Crippen molar-refractivity contribution in [3.8, 4) is 0 Å². The molecule has 1 aromatic carbocycles. The van der Waals surface area contributed by atoms with Crippen LogP contribution in [0.2, 0.25) is 5.02 Å². The largest absolute Gasteiger partial charge is 0.462 e. The number of anilines is 1. The molecule has 0 aliphatic heterocycles. The Morgan fingerprint density at radius 2 is 2.07 bits per heavy atom. The number of thioether (sulfide) groups is 1. The van der Waals surface area contributed by atoms with E-state index in [1.807, 2.05) is 24.3 Å². The first kappa shape index (κ1) is 19.8. The van der Waals surface area contributed by atoms with Gasteiger partial charge in [0.2, 0.25) is 5.91 Å². The fourth-order valence-corrected chi connectivity index (χ4v) is 7.16. The van der Waals surface area contributed by atoms with Gasteiger partial charge < -0.3 is 10.1 Å². The van der Waals surface area contributed by atoms with Gasteiger partial charge in [-0.15, -0.1) is 34.4 Å². The van der Waals surface area contributed by atoms with Gasteiger partial charge in [-0.2, -0.15) is 0 Å². The molecule has 3 aromatic rings. The van der Waals surface area contributed by atoms with Crippen molar-refractivity contribution in [1.82, 2.24) is 0 Å². The number of hydrogen-bond acceptors (Lipinski definition) is 6. The van der Waals surface area contributed by atoms with Gasteiger partial charge in [0.25, 0.3) is 0 Å². The lowest BCUT2D eigenvalue weighted by Gasteiger charge is -2.07. The molecule has 4 rings (SSSR count). The molecule has 8 heteroatoms. The SMILES string of the molecule is CCOC(=O)c1c(NC(=O)CSc2sc3ccccc3c2Cl)sc2c1CCC2. The van der Waals surface area contributed by atoms with Crippen LogP contribution in [0.4, 0.5) is 5.00 Å². The summed E-state index contributed by atoms with van der Waals surface area (Å²) >= 11 is 10.9. The lowest BCUT2D eigenvalue weighted by atomic mass is 10.1. The summed E-state index contributed by atoms with van der Waals surface area (Å²) < 4.78 is 7.24. The van der Waals surface area contributed by atoms with E-state index in [2.05, 4.69) is 5.32 Å². The van der Waals surface area contributed by atoms with Gasteiger partial charge in [-0.05, 0) is 37.8 Å². The Morgan fingerprint density at radius 1 is 1.25 bits per heavy atom. The van der Waals surface area contributed by atoms with Crippen LogP contribution < -0.4 is 5.32 Å². The molecule has 0 fully saturated rings. The number of thiophene rings is 2. The summed E-state index contributed by atoms with van der Waals surface area (Å²) in [5.41, 5.74) is 1.58. The van der Waals surface area contributed by atoms with Crippen LogP contribution in [0.1, 0.15) is 34.1 Å². The first-order chi connectivity index (χ1) is 13.6. The van der Waals surface area contributed by atoms with Gasteiger partial charge in [0, 0.05) is 15.0 Å². The summed E-state index contributed by atoms with van der Waals surface area (Å²) in [6.07, 6.45) is 2.86. The number of benzene rings is 1. The second-order valence-electron chi connectivity index (χ2n) is 6.32. The molecule has 146 valence electrons. The van der Waals surface area contributed by atoms with Gasteiger partial charge in [-0.3, -0.25) is 4.79 Å². The highest BCUT2D eigenvalue weighted by molar-refractivity contribution is 8.02. The highest BCUT2D eigenvalue weighted by atomic mass is 35.5. The zero-order valence-electron chi connectivity index (χ0n) is 15.2. The molecule has 1 N–H and O–H groups in total. The number of hydrogen-bond donors (Lipinski definition) is 1. The summed E-state index contributed by atoms with van der Waals surface area (Å²) in [6.45, 7) is 2.10. The lowest BCUT2D eigenvalue weighted by molar-refractivity contribution is -0.113.